The Hall–Kier alpha value is -1.34. The lowest BCUT2D eigenvalue weighted by Gasteiger charge is -2.35. The molecule has 3 N–H and O–H groups in total. The zero-order valence-corrected chi connectivity index (χ0v) is 16.2. The Labute approximate surface area is 161 Å². The molecule has 1 atom stereocenters. The van der Waals surface area contributed by atoms with E-state index in [0.29, 0.717) is 45.7 Å². The van der Waals surface area contributed by atoms with Crippen LogP contribution in [0.4, 0.5) is 0 Å². The highest BCUT2D eigenvalue weighted by Gasteiger charge is 2.25. The summed E-state index contributed by atoms with van der Waals surface area (Å²) in [5.41, 5.74) is 7.14. The van der Waals surface area contributed by atoms with Gasteiger partial charge in [0.1, 0.15) is 0 Å². The number of halogens is 2. The maximum absolute atomic E-state index is 12.4. The summed E-state index contributed by atoms with van der Waals surface area (Å²) in [5, 5.41) is 2.79. The molecule has 1 fully saturated rings. The Morgan fingerprint density at radius 1 is 1.12 bits per heavy atom. The molecule has 0 saturated carbocycles. The normalized spacial score (nSPS) is 15.5. The molecule has 1 aliphatic heterocycles. The molecular formula is C17H28Cl2N4O2. The molecule has 1 aromatic carbocycles. The predicted molar refractivity (Wildman–Crippen MR) is 104 cm³/mol. The van der Waals surface area contributed by atoms with Crippen molar-refractivity contribution in [2.45, 2.75) is 19.4 Å². The number of nitrogens with zero attached hydrogens (tertiary/aromatic N) is 2. The third kappa shape index (κ3) is 7.61. The summed E-state index contributed by atoms with van der Waals surface area (Å²) in [6.07, 6.45) is 0.554. The number of nitrogens with two attached hydrogens (primary N) is 1. The van der Waals surface area contributed by atoms with Gasteiger partial charge in [0.2, 0.25) is 11.8 Å². The highest BCUT2D eigenvalue weighted by atomic mass is 35.5. The van der Waals surface area contributed by atoms with Crippen LogP contribution in [0, 0.1) is 0 Å². The molecule has 142 valence electrons. The lowest BCUT2D eigenvalue weighted by molar-refractivity contribution is -0.134. The van der Waals surface area contributed by atoms with E-state index in [-0.39, 0.29) is 36.6 Å². The summed E-state index contributed by atoms with van der Waals surface area (Å²) in [5.74, 6) is 0.0274. The molecule has 2 amide bonds. The van der Waals surface area contributed by atoms with Gasteiger partial charge in [-0.1, -0.05) is 30.3 Å². The van der Waals surface area contributed by atoms with Crippen LogP contribution in [0.3, 0.4) is 0 Å². The van der Waals surface area contributed by atoms with Crippen LogP contribution < -0.4 is 11.1 Å². The number of hydrogen-bond acceptors (Lipinski definition) is 4. The maximum Gasteiger partial charge on any atom is 0.239 e. The van der Waals surface area contributed by atoms with Crippen LogP contribution >= 0.6 is 24.8 Å². The van der Waals surface area contributed by atoms with Crippen molar-refractivity contribution in [1.29, 1.82) is 0 Å². The van der Waals surface area contributed by atoms with Crippen LogP contribution in [0.1, 0.15) is 12.5 Å². The molecule has 0 aliphatic carbocycles. The monoisotopic (exact) mass is 390 g/mol. The first-order valence-corrected chi connectivity index (χ1v) is 8.17. The van der Waals surface area contributed by atoms with Crippen LogP contribution in [0.15, 0.2) is 30.3 Å². The third-order valence-electron chi connectivity index (χ3n) is 4.04. The zero-order valence-electron chi connectivity index (χ0n) is 14.5. The third-order valence-corrected chi connectivity index (χ3v) is 4.04. The summed E-state index contributed by atoms with van der Waals surface area (Å²) < 4.78 is 0. The molecule has 1 saturated heterocycles. The summed E-state index contributed by atoms with van der Waals surface area (Å²) in [7, 11) is 0. The van der Waals surface area contributed by atoms with E-state index in [1.807, 2.05) is 42.2 Å². The van der Waals surface area contributed by atoms with Crippen molar-refractivity contribution in [2.24, 2.45) is 5.73 Å². The fourth-order valence-electron chi connectivity index (χ4n) is 2.77. The summed E-state index contributed by atoms with van der Waals surface area (Å²) >= 11 is 0. The van der Waals surface area contributed by atoms with E-state index >= 15 is 0 Å². The topological polar surface area (TPSA) is 78.7 Å². The van der Waals surface area contributed by atoms with Gasteiger partial charge in [0.25, 0.3) is 0 Å². The fourth-order valence-corrected chi connectivity index (χ4v) is 2.77. The average Bonchev–Trinajstić information content (AvgIpc) is 2.56. The molecule has 2 rings (SSSR count). The SMILES string of the molecule is CCNC(=O)CN1CCN(C(=O)C(N)Cc2ccccc2)CC1.Cl.Cl. The lowest BCUT2D eigenvalue weighted by atomic mass is 10.1. The number of benzene rings is 1. The summed E-state index contributed by atoms with van der Waals surface area (Å²) in [4.78, 5) is 27.9. The second kappa shape index (κ2) is 12.1. The number of piperazine rings is 1. The van der Waals surface area contributed by atoms with Gasteiger partial charge in [0, 0.05) is 32.7 Å². The first-order valence-electron chi connectivity index (χ1n) is 8.17. The Kier molecular flexibility index (Phi) is 11.4. The van der Waals surface area contributed by atoms with E-state index in [9.17, 15) is 9.59 Å². The van der Waals surface area contributed by atoms with Crippen molar-refractivity contribution in [3.63, 3.8) is 0 Å². The van der Waals surface area contributed by atoms with E-state index in [1.54, 1.807) is 0 Å². The smallest absolute Gasteiger partial charge is 0.239 e. The van der Waals surface area contributed by atoms with Gasteiger partial charge in [-0.25, -0.2) is 0 Å². The molecule has 6 nitrogen and oxygen atoms in total. The van der Waals surface area contributed by atoms with Crippen LogP contribution in [-0.4, -0.2) is 66.9 Å². The molecule has 0 aromatic heterocycles. The minimum Gasteiger partial charge on any atom is -0.355 e. The number of rotatable bonds is 6. The van der Waals surface area contributed by atoms with Crippen molar-refractivity contribution in [3.8, 4) is 0 Å². The highest BCUT2D eigenvalue weighted by Crippen LogP contribution is 2.07. The molecule has 25 heavy (non-hydrogen) atoms. The number of amides is 2. The number of hydrogen-bond donors (Lipinski definition) is 2. The number of carbonyl (C=O) groups is 2. The van der Waals surface area contributed by atoms with Crippen molar-refractivity contribution >= 4 is 36.6 Å². The van der Waals surface area contributed by atoms with Crippen molar-refractivity contribution in [2.75, 3.05) is 39.3 Å². The van der Waals surface area contributed by atoms with Gasteiger partial charge in [-0.3, -0.25) is 14.5 Å². The van der Waals surface area contributed by atoms with Crippen molar-refractivity contribution in [3.05, 3.63) is 35.9 Å². The van der Waals surface area contributed by atoms with E-state index in [2.05, 4.69) is 10.2 Å². The quantitative estimate of drug-likeness (QED) is 0.748. The van der Waals surface area contributed by atoms with Crippen LogP contribution in [0.25, 0.3) is 0 Å². The minimum absolute atomic E-state index is 0. The zero-order chi connectivity index (χ0) is 16.7. The molecule has 1 aromatic rings. The predicted octanol–water partition coefficient (Wildman–Crippen LogP) is 0.680. The van der Waals surface area contributed by atoms with E-state index in [4.69, 9.17) is 5.73 Å². The molecule has 8 heteroatoms. The maximum atomic E-state index is 12.4. The van der Waals surface area contributed by atoms with Crippen molar-refractivity contribution < 1.29 is 9.59 Å². The Morgan fingerprint density at radius 3 is 2.28 bits per heavy atom. The van der Waals surface area contributed by atoms with Crippen LogP contribution in [-0.2, 0) is 16.0 Å². The molecular weight excluding hydrogens is 363 g/mol. The van der Waals surface area contributed by atoms with Gasteiger partial charge in [-0.15, -0.1) is 24.8 Å². The second-order valence-corrected chi connectivity index (χ2v) is 5.85. The van der Waals surface area contributed by atoms with Gasteiger partial charge in [0.15, 0.2) is 0 Å². The van der Waals surface area contributed by atoms with E-state index in [1.165, 1.54) is 0 Å². The number of likely N-dealkylation sites (N-methyl/N-ethyl adjacent to an activating group) is 1. The Morgan fingerprint density at radius 2 is 1.72 bits per heavy atom. The second-order valence-electron chi connectivity index (χ2n) is 5.85. The van der Waals surface area contributed by atoms with Gasteiger partial charge in [-0.05, 0) is 18.9 Å². The molecule has 1 unspecified atom stereocenters. The average molecular weight is 391 g/mol. The van der Waals surface area contributed by atoms with Gasteiger partial charge in [0.05, 0.1) is 12.6 Å². The fraction of sp³-hybridized carbons (Fsp3) is 0.529. The molecule has 1 aliphatic rings. The minimum atomic E-state index is -0.507. The van der Waals surface area contributed by atoms with Crippen LogP contribution in [0.5, 0.6) is 0 Å². The van der Waals surface area contributed by atoms with Gasteiger partial charge in [-0.2, -0.15) is 0 Å². The Balaban J connectivity index is 0.00000288. The number of carbonyl (C=O) groups excluding carboxylic acids is 2. The summed E-state index contributed by atoms with van der Waals surface area (Å²) in [6.45, 7) is 5.61. The largest absolute Gasteiger partial charge is 0.355 e. The lowest BCUT2D eigenvalue weighted by Crippen LogP contribution is -2.54. The highest BCUT2D eigenvalue weighted by molar-refractivity contribution is 5.85. The first-order chi connectivity index (χ1) is 11.1. The Bertz CT molecular complexity index is 523. The van der Waals surface area contributed by atoms with Gasteiger partial charge < -0.3 is 16.0 Å². The van der Waals surface area contributed by atoms with Gasteiger partial charge >= 0.3 is 0 Å². The molecule has 1 heterocycles. The first kappa shape index (κ1) is 23.7. The van der Waals surface area contributed by atoms with E-state index in [0.717, 1.165) is 5.56 Å². The molecule has 0 radical (unpaired) electrons. The van der Waals surface area contributed by atoms with E-state index < -0.39 is 6.04 Å². The summed E-state index contributed by atoms with van der Waals surface area (Å²) in [6, 6.07) is 9.31. The molecule has 0 spiro atoms. The standard InChI is InChI=1S/C17H26N4O2.2ClH/c1-2-19-16(22)13-20-8-10-21(11-9-20)17(23)15(18)12-14-6-4-3-5-7-14;;/h3-7,15H,2,8-13,18H2,1H3,(H,19,22);2*1H. The number of nitrogens with one attached hydrogen (secondary N) is 1. The van der Waals surface area contributed by atoms with Crippen molar-refractivity contribution in [1.82, 2.24) is 15.1 Å². The van der Waals surface area contributed by atoms with Crippen LogP contribution in [0.2, 0.25) is 0 Å². The molecule has 0 bridgehead atoms.